The van der Waals surface area contributed by atoms with E-state index in [1.807, 2.05) is 0 Å². The molecule has 0 amide bonds. The molecule has 1 unspecified atom stereocenters. The topological polar surface area (TPSA) is 29.1 Å². The zero-order valence-electron chi connectivity index (χ0n) is 12.2. The Morgan fingerprint density at radius 3 is 2.17 bits per heavy atom. The highest BCUT2D eigenvalue weighted by molar-refractivity contribution is 7.84. The smallest absolute Gasteiger partial charge is 0.0486 e. The van der Waals surface area contributed by atoms with Crippen molar-refractivity contribution in [2.24, 2.45) is 0 Å². The molecule has 0 aliphatic rings. The summed E-state index contributed by atoms with van der Waals surface area (Å²) in [6, 6.07) is 6.40. The number of benzene rings is 1. The van der Waals surface area contributed by atoms with Crippen LogP contribution in [0, 0.1) is 13.8 Å². The van der Waals surface area contributed by atoms with E-state index in [0.29, 0.717) is 11.5 Å². The maximum atomic E-state index is 12.0. The lowest BCUT2D eigenvalue weighted by molar-refractivity contribution is 0.440. The summed E-state index contributed by atoms with van der Waals surface area (Å²) in [4.78, 5) is 0. The zero-order chi connectivity index (χ0) is 13.8. The Hall–Kier alpha value is -0.670. The van der Waals surface area contributed by atoms with Gasteiger partial charge < -0.3 is 5.32 Å². The minimum absolute atomic E-state index is 0.101. The molecule has 1 N–H and O–H groups in total. The summed E-state index contributed by atoms with van der Waals surface area (Å²) < 4.78 is 12.0. The molecule has 0 heterocycles. The first kappa shape index (κ1) is 15.4. The van der Waals surface area contributed by atoms with E-state index in [1.165, 1.54) is 16.7 Å². The van der Waals surface area contributed by atoms with Crippen LogP contribution in [-0.4, -0.2) is 22.0 Å². The van der Waals surface area contributed by atoms with Gasteiger partial charge in [0, 0.05) is 34.4 Å². The minimum atomic E-state index is -0.785. The fraction of sp³-hybridized carbons (Fsp3) is 0.600. The Bertz CT molecular complexity index is 401. The molecule has 0 spiro atoms. The second-order valence-corrected chi connectivity index (χ2v) is 7.54. The fourth-order valence-corrected chi connectivity index (χ4v) is 2.96. The van der Waals surface area contributed by atoms with E-state index in [4.69, 9.17) is 0 Å². The summed E-state index contributed by atoms with van der Waals surface area (Å²) in [5.41, 5.74) is 3.77. The van der Waals surface area contributed by atoms with Gasteiger partial charge in [0.15, 0.2) is 0 Å². The summed E-state index contributed by atoms with van der Waals surface area (Å²) in [6.07, 6.45) is 0. The van der Waals surface area contributed by atoms with Crippen molar-refractivity contribution in [3.63, 3.8) is 0 Å². The van der Waals surface area contributed by atoms with Crippen LogP contribution < -0.4 is 5.32 Å². The highest BCUT2D eigenvalue weighted by Crippen LogP contribution is 2.11. The third-order valence-electron chi connectivity index (χ3n) is 2.59. The number of nitrogens with one attached hydrogen (secondary N) is 1. The van der Waals surface area contributed by atoms with Crippen LogP contribution in [0.1, 0.15) is 37.5 Å². The molecule has 0 aromatic heterocycles. The van der Waals surface area contributed by atoms with Crippen molar-refractivity contribution >= 4 is 10.8 Å². The predicted molar refractivity (Wildman–Crippen MR) is 80.4 cm³/mol. The zero-order valence-corrected chi connectivity index (χ0v) is 13.0. The van der Waals surface area contributed by atoms with E-state index in [2.05, 4.69) is 58.1 Å². The SMILES string of the molecule is Cc1cc(C)cc(CS(=O)CCNC(C)(C)C)c1. The van der Waals surface area contributed by atoms with Gasteiger partial charge in [0.25, 0.3) is 0 Å². The first-order valence-corrected chi connectivity index (χ1v) is 7.92. The average molecular weight is 267 g/mol. The van der Waals surface area contributed by atoms with Crippen molar-refractivity contribution in [3.05, 3.63) is 34.9 Å². The predicted octanol–water partition coefficient (Wildman–Crippen LogP) is 2.94. The van der Waals surface area contributed by atoms with Crippen LogP contribution in [0.3, 0.4) is 0 Å². The standard InChI is InChI=1S/C15H25NOS/c1-12-8-13(2)10-14(9-12)11-18(17)7-6-16-15(3,4)5/h8-10,16H,6-7,11H2,1-5H3. The second-order valence-electron chi connectivity index (χ2n) is 5.96. The number of rotatable bonds is 5. The highest BCUT2D eigenvalue weighted by atomic mass is 32.2. The molecule has 0 fully saturated rings. The second kappa shape index (κ2) is 6.48. The van der Waals surface area contributed by atoms with Crippen LogP contribution in [0.4, 0.5) is 0 Å². The normalized spacial score (nSPS) is 13.6. The Morgan fingerprint density at radius 2 is 1.67 bits per heavy atom. The van der Waals surface area contributed by atoms with Crippen LogP contribution in [0.2, 0.25) is 0 Å². The summed E-state index contributed by atoms with van der Waals surface area (Å²) in [5, 5.41) is 3.37. The van der Waals surface area contributed by atoms with E-state index in [-0.39, 0.29) is 5.54 Å². The summed E-state index contributed by atoms with van der Waals surface area (Å²) in [6.45, 7) is 11.3. The van der Waals surface area contributed by atoms with Gasteiger partial charge in [0.05, 0.1) is 0 Å². The summed E-state index contributed by atoms with van der Waals surface area (Å²) >= 11 is 0. The van der Waals surface area contributed by atoms with Gasteiger partial charge in [-0.3, -0.25) is 4.21 Å². The number of hydrogen-bond donors (Lipinski definition) is 1. The van der Waals surface area contributed by atoms with Crippen LogP contribution in [0.15, 0.2) is 18.2 Å². The Kier molecular flexibility index (Phi) is 5.54. The molecule has 0 saturated heterocycles. The van der Waals surface area contributed by atoms with Crippen molar-refractivity contribution in [1.82, 2.24) is 5.32 Å². The molecule has 0 aliphatic carbocycles. The van der Waals surface area contributed by atoms with E-state index in [1.54, 1.807) is 0 Å². The molecule has 1 atom stereocenters. The van der Waals surface area contributed by atoms with E-state index in [9.17, 15) is 4.21 Å². The molecule has 3 heteroatoms. The molecule has 0 aliphatic heterocycles. The quantitative estimate of drug-likeness (QED) is 0.888. The van der Waals surface area contributed by atoms with Gasteiger partial charge in [0.2, 0.25) is 0 Å². The summed E-state index contributed by atoms with van der Waals surface area (Å²) in [5.74, 6) is 1.37. The maximum Gasteiger partial charge on any atom is 0.0486 e. The Labute approximate surface area is 114 Å². The van der Waals surface area contributed by atoms with Crippen molar-refractivity contribution < 1.29 is 4.21 Å². The van der Waals surface area contributed by atoms with Crippen LogP contribution >= 0.6 is 0 Å². The number of hydrogen-bond acceptors (Lipinski definition) is 2. The first-order chi connectivity index (χ1) is 8.26. The van der Waals surface area contributed by atoms with Crippen molar-refractivity contribution in [1.29, 1.82) is 0 Å². The Morgan fingerprint density at radius 1 is 1.11 bits per heavy atom. The molecule has 1 aromatic carbocycles. The lowest BCUT2D eigenvalue weighted by Gasteiger charge is -2.20. The van der Waals surface area contributed by atoms with Gasteiger partial charge in [-0.1, -0.05) is 29.3 Å². The number of aryl methyl sites for hydroxylation is 2. The van der Waals surface area contributed by atoms with Crippen LogP contribution in [0.5, 0.6) is 0 Å². The van der Waals surface area contributed by atoms with Crippen LogP contribution in [0.25, 0.3) is 0 Å². The molecule has 0 bridgehead atoms. The Balaban J connectivity index is 2.45. The molecule has 0 radical (unpaired) electrons. The van der Waals surface area contributed by atoms with Gasteiger partial charge in [-0.05, 0) is 40.2 Å². The van der Waals surface area contributed by atoms with Crippen LogP contribution in [-0.2, 0) is 16.6 Å². The minimum Gasteiger partial charge on any atom is -0.311 e. The molecular weight excluding hydrogens is 242 g/mol. The average Bonchev–Trinajstić information content (AvgIpc) is 2.12. The van der Waals surface area contributed by atoms with Gasteiger partial charge in [0.1, 0.15) is 0 Å². The molecule has 0 saturated carbocycles. The summed E-state index contributed by atoms with van der Waals surface area (Å²) in [7, 11) is -0.785. The third kappa shape index (κ3) is 6.31. The van der Waals surface area contributed by atoms with Gasteiger partial charge in [-0.15, -0.1) is 0 Å². The molecule has 102 valence electrons. The molecular formula is C15H25NOS. The van der Waals surface area contributed by atoms with Crippen molar-refractivity contribution in [2.75, 3.05) is 12.3 Å². The van der Waals surface area contributed by atoms with Gasteiger partial charge in [-0.25, -0.2) is 0 Å². The monoisotopic (exact) mass is 267 g/mol. The highest BCUT2D eigenvalue weighted by Gasteiger charge is 2.09. The van der Waals surface area contributed by atoms with E-state index < -0.39 is 10.8 Å². The third-order valence-corrected chi connectivity index (χ3v) is 3.91. The molecule has 1 aromatic rings. The lowest BCUT2D eigenvalue weighted by atomic mass is 10.1. The van der Waals surface area contributed by atoms with Gasteiger partial charge >= 0.3 is 0 Å². The fourth-order valence-electron chi connectivity index (χ4n) is 1.95. The van der Waals surface area contributed by atoms with E-state index in [0.717, 1.165) is 6.54 Å². The van der Waals surface area contributed by atoms with Crippen molar-refractivity contribution in [3.8, 4) is 0 Å². The maximum absolute atomic E-state index is 12.0. The molecule has 2 nitrogen and oxygen atoms in total. The largest absolute Gasteiger partial charge is 0.311 e. The molecule has 1 rings (SSSR count). The molecule has 18 heavy (non-hydrogen) atoms. The lowest BCUT2D eigenvalue weighted by Crippen LogP contribution is -2.38. The first-order valence-electron chi connectivity index (χ1n) is 6.43. The van der Waals surface area contributed by atoms with Crippen molar-refractivity contribution in [2.45, 2.75) is 45.9 Å². The van der Waals surface area contributed by atoms with E-state index >= 15 is 0 Å². The van der Waals surface area contributed by atoms with Gasteiger partial charge in [-0.2, -0.15) is 0 Å².